The molecule has 1 aromatic carbocycles. The Kier molecular flexibility index (Phi) is 3.12. The second-order valence-corrected chi connectivity index (χ2v) is 6.16. The number of hydrogen-bond acceptors (Lipinski definition) is 2. The van der Waals surface area contributed by atoms with Crippen LogP contribution in [0.15, 0.2) is 22.8 Å². The molecule has 1 aliphatic rings. The summed E-state index contributed by atoms with van der Waals surface area (Å²) in [5, 5.41) is 19.9. The molecule has 1 heterocycles. The van der Waals surface area contributed by atoms with E-state index in [0.717, 1.165) is 45.8 Å². The predicted octanol–water partition coefficient (Wildman–Crippen LogP) is 3.67. The van der Waals surface area contributed by atoms with Crippen molar-refractivity contribution in [3.8, 4) is 6.07 Å². The van der Waals surface area contributed by atoms with Crippen LogP contribution in [0.1, 0.15) is 36.4 Å². The smallest absolute Gasteiger partial charge is 0.0994 e. The number of benzene rings is 1. The summed E-state index contributed by atoms with van der Waals surface area (Å²) in [5.74, 6) is 0. The fourth-order valence-corrected chi connectivity index (χ4v) is 3.51. The lowest BCUT2D eigenvalue weighted by Crippen LogP contribution is -2.06. The molecule has 4 heteroatoms. The molecule has 0 radical (unpaired) electrons. The highest BCUT2D eigenvalue weighted by molar-refractivity contribution is 9.10. The van der Waals surface area contributed by atoms with E-state index in [1.165, 1.54) is 0 Å². The molecule has 3 nitrogen and oxygen atoms in total. The van der Waals surface area contributed by atoms with Gasteiger partial charge in [-0.15, -0.1) is 0 Å². The Morgan fingerprint density at radius 3 is 2.84 bits per heavy atom. The maximum absolute atomic E-state index is 9.71. The van der Waals surface area contributed by atoms with Gasteiger partial charge in [0, 0.05) is 27.6 Å². The maximum Gasteiger partial charge on any atom is 0.0994 e. The second kappa shape index (κ2) is 4.66. The minimum atomic E-state index is -0.180. The number of rotatable bonds is 1. The van der Waals surface area contributed by atoms with Crippen LogP contribution < -0.4 is 0 Å². The van der Waals surface area contributed by atoms with Crippen molar-refractivity contribution < 1.29 is 5.11 Å². The number of aliphatic hydroxyl groups is 1. The van der Waals surface area contributed by atoms with Gasteiger partial charge in [0.2, 0.25) is 0 Å². The first-order valence-electron chi connectivity index (χ1n) is 6.49. The first-order chi connectivity index (χ1) is 9.10. The van der Waals surface area contributed by atoms with Crippen molar-refractivity contribution in [2.45, 2.75) is 38.3 Å². The van der Waals surface area contributed by atoms with Crippen LogP contribution in [-0.2, 0) is 0 Å². The molecule has 0 amide bonds. The van der Waals surface area contributed by atoms with Crippen molar-refractivity contribution >= 4 is 26.8 Å². The van der Waals surface area contributed by atoms with E-state index < -0.39 is 0 Å². The monoisotopic (exact) mass is 318 g/mol. The van der Waals surface area contributed by atoms with E-state index >= 15 is 0 Å². The Bertz CT molecular complexity index is 683. The van der Waals surface area contributed by atoms with Gasteiger partial charge in [-0.05, 0) is 59.8 Å². The van der Waals surface area contributed by atoms with Crippen molar-refractivity contribution in [1.82, 2.24) is 4.57 Å². The van der Waals surface area contributed by atoms with E-state index in [-0.39, 0.29) is 6.10 Å². The second-order valence-electron chi connectivity index (χ2n) is 5.30. The fourth-order valence-electron chi connectivity index (χ4n) is 2.97. The summed E-state index contributed by atoms with van der Waals surface area (Å²) in [6.07, 6.45) is 4.59. The van der Waals surface area contributed by atoms with Crippen molar-refractivity contribution in [3.05, 3.63) is 33.9 Å². The third-order valence-electron chi connectivity index (χ3n) is 4.02. The molecule has 0 aliphatic heterocycles. The highest BCUT2D eigenvalue weighted by Crippen LogP contribution is 2.37. The molecular formula is C15H15BrN2O. The summed E-state index contributed by atoms with van der Waals surface area (Å²) < 4.78 is 3.25. The van der Waals surface area contributed by atoms with Gasteiger partial charge in [0.15, 0.2) is 0 Å². The Labute approximate surface area is 120 Å². The number of nitriles is 1. The van der Waals surface area contributed by atoms with Crippen LogP contribution in [0.4, 0.5) is 0 Å². The largest absolute Gasteiger partial charge is 0.393 e. The number of aromatic nitrogens is 1. The summed E-state index contributed by atoms with van der Waals surface area (Å²) in [6, 6.07) is 6.60. The highest BCUT2D eigenvalue weighted by Gasteiger charge is 2.25. The van der Waals surface area contributed by atoms with Crippen LogP contribution in [0.5, 0.6) is 0 Å². The van der Waals surface area contributed by atoms with E-state index in [1.54, 1.807) is 0 Å². The van der Waals surface area contributed by atoms with Crippen LogP contribution >= 0.6 is 15.9 Å². The average molecular weight is 319 g/mol. The molecule has 1 fully saturated rings. The van der Waals surface area contributed by atoms with Gasteiger partial charge in [0.1, 0.15) is 0 Å². The van der Waals surface area contributed by atoms with Gasteiger partial charge >= 0.3 is 0 Å². The van der Waals surface area contributed by atoms with Crippen molar-refractivity contribution in [2.24, 2.45) is 0 Å². The zero-order chi connectivity index (χ0) is 13.6. The molecule has 0 spiro atoms. The van der Waals surface area contributed by atoms with Crippen molar-refractivity contribution in [3.63, 3.8) is 0 Å². The normalized spacial score (nSPS) is 22.8. The van der Waals surface area contributed by atoms with Gasteiger partial charge < -0.3 is 9.67 Å². The summed E-state index contributed by atoms with van der Waals surface area (Å²) in [7, 11) is 0. The molecule has 0 saturated heterocycles. The molecule has 98 valence electrons. The number of hydrogen-bond donors (Lipinski definition) is 1. The molecule has 1 aliphatic carbocycles. The summed E-state index contributed by atoms with van der Waals surface area (Å²) in [4.78, 5) is 0. The molecule has 2 atom stereocenters. The van der Waals surface area contributed by atoms with E-state index in [0.29, 0.717) is 6.04 Å². The average Bonchev–Trinajstić information content (AvgIpc) is 2.93. The third kappa shape index (κ3) is 2.07. The van der Waals surface area contributed by atoms with Crippen LogP contribution in [0, 0.1) is 18.3 Å². The van der Waals surface area contributed by atoms with Gasteiger partial charge in [-0.2, -0.15) is 5.26 Å². The number of aryl methyl sites for hydroxylation is 1. The SMILES string of the molecule is Cc1cc2c(cc1C#N)c(Br)cn2[C@@H]1CC[C@H](O)C1. The molecule has 0 unspecified atom stereocenters. The van der Waals surface area contributed by atoms with E-state index in [1.807, 2.05) is 13.0 Å². The van der Waals surface area contributed by atoms with Crippen molar-refractivity contribution in [2.75, 3.05) is 0 Å². The van der Waals surface area contributed by atoms with E-state index in [2.05, 4.69) is 38.8 Å². The molecule has 2 aromatic rings. The van der Waals surface area contributed by atoms with Crippen molar-refractivity contribution in [1.29, 1.82) is 5.26 Å². The summed E-state index contributed by atoms with van der Waals surface area (Å²) in [6.45, 7) is 1.97. The summed E-state index contributed by atoms with van der Waals surface area (Å²) in [5.41, 5.74) is 2.86. The van der Waals surface area contributed by atoms with Gasteiger partial charge in [-0.1, -0.05) is 0 Å². The molecule has 19 heavy (non-hydrogen) atoms. The topological polar surface area (TPSA) is 49.0 Å². The summed E-state index contributed by atoms with van der Waals surface area (Å²) >= 11 is 3.58. The lowest BCUT2D eigenvalue weighted by molar-refractivity contribution is 0.178. The first-order valence-corrected chi connectivity index (χ1v) is 7.28. The zero-order valence-corrected chi connectivity index (χ0v) is 12.3. The minimum Gasteiger partial charge on any atom is -0.393 e. The zero-order valence-electron chi connectivity index (χ0n) is 10.7. The molecular weight excluding hydrogens is 304 g/mol. The molecule has 3 rings (SSSR count). The predicted molar refractivity (Wildman–Crippen MR) is 78.0 cm³/mol. The first kappa shape index (κ1) is 12.7. The lowest BCUT2D eigenvalue weighted by atomic mass is 10.1. The quantitative estimate of drug-likeness (QED) is 0.872. The molecule has 1 aromatic heterocycles. The molecule has 1 saturated carbocycles. The fraction of sp³-hybridized carbons (Fsp3) is 0.400. The number of nitrogens with zero attached hydrogens (tertiary/aromatic N) is 2. The lowest BCUT2D eigenvalue weighted by Gasteiger charge is -2.14. The van der Waals surface area contributed by atoms with Crippen LogP contribution in [0.2, 0.25) is 0 Å². The number of fused-ring (bicyclic) bond motifs is 1. The molecule has 1 N–H and O–H groups in total. The van der Waals surface area contributed by atoms with Crippen LogP contribution in [-0.4, -0.2) is 15.8 Å². The molecule has 0 bridgehead atoms. The Balaban J connectivity index is 2.17. The van der Waals surface area contributed by atoms with Gasteiger partial charge in [-0.25, -0.2) is 0 Å². The van der Waals surface area contributed by atoms with Crippen LogP contribution in [0.25, 0.3) is 10.9 Å². The van der Waals surface area contributed by atoms with E-state index in [4.69, 9.17) is 5.26 Å². The standard InChI is InChI=1S/C15H15BrN2O/c1-9-4-15-13(5-10(9)7-17)14(16)8-18(15)11-2-3-12(19)6-11/h4-5,8,11-12,19H,2-3,6H2,1H3/t11-,12+/m1/s1. The van der Waals surface area contributed by atoms with E-state index in [9.17, 15) is 5.11 Å². The van der Waals surface area contributed by atoms with Gasteiger partial charge in [-0.3, -0.25) is 0 Å². The Morgan fingerprint density at radius 2 is 2.21 bits per heavy atom. The van der Waals surface area contributed by atoms with Crippen LogP contribution in [0.3, 0.4) is 0 Å². The maximum atomic E-state index is 9.71. The third-order valence-corrected chi connectivity index (χ3v) is 4.65. The number of aliphatic hydroxyl groups excluding tert-OH is 1. The van der Waals surface area contributed by atoms with Gasteiger partial charge in [0.05, 0.1) is 17.7 Å². The minimum absolute atomic E-state index is 0.180. The Hall–Kier alpha value is -1.31. The Morgan fingerprint density at radius 1 is 1.42 bits per heavy atom. The highest BCUT2D eigenvalue weighted by atomic mass is 79.9. The van der Waals surface area contributed by atoms with Gasteiger partial charge in [0.25, 0.3) is 0 Å². The number of halogens is 1.